The molecule has 4 nitrogen and oxygen atoms in total. The van der Waals surface area contributed by atoms with Gasteiger partial charge in [0.2, 0.25) is 0 Å². The van der Waals surface area contributed by atoms with Crippen LogP contribution in [-0.2, 0) is 0 Å². The van der Waals surface area contributed by atoms with Crippen molar-refractivity contribution >= 4 is 34.0 Å². The molecule has 0 aromatic carbocycles. The minimum absolute atomic E-state index is 0.179. The standard InChI is InChI=1S/C13H16ClN3OS/c1-3-17(4-2)13(18)16-12-9(7-15)10(8-5-6-8)11(14)19-12/h8H,3-6H2,1-2H3,(H,16,18). The van der Waals surface area contributed by atoms with Crippen LogP contribution in [0.4, 0.5) is 9.80 Å². The Kier molecular flexibility index (Phi) is 4.33. The number of hydrogen-bond acceptors (Lipinski definition) is 3. The highest BCUT2D eigenvalue weighted by Gasteiger charge is 2.32. The third kappa shape index (κ3) is 2.85. The van der Waals surface area contributed by atoms with Crippen LogP contribution in [0.3, 0.4) is 0 Å². The van der Waals surface area contributed by atoms with Crippen molar-refractivity contribution in [2.45, 2.75) is 32.6 Å². The van der Waals surface area contributed by atoms with Crippen molar-refractivity contribution in [3.63, 3.8) is 0 Å². The summed E-state index contributed by atoms with van der Waals surface area (Å²) in [5.74, 6) is 0.400. The summed E-state index contributed by atoms with van der Waals surface area (Å²) in [6.45, 7) is 5.12. The van der Waals surface area contributed by atoms with Crippen LogP contribution in [0.5, 0.6) is 0 Å². The highest BCUT2D eigenvalue weighted by atomic mass is 35.5. The number of nitriles is 1. The molecule has 1 aliphatic carbocycles. The zero-order chi connectivity index (χ0) is 14.0. The summed E-state index contributed by atoms with van der Waals surface area (Å²) in [5, 5.41) is 12.7. The van der Waals surface area contributed by atoms with Crippen molar-refractivity contribution in [2.24, 2.45) is 0 Å². The van der Waals surface area contributed by atoms with Crippen molar-refractivity contribution in [1.82, 2.24) is 4.90 Å². The second-order valence-corrected chi connectivity index (χ2v) is 6.10. The van der Waals surface area contributed by atoms with Gasteiger partial charge in [0.1, 0.15) is 11.1 Å². The van der Waals surface area contributed by atoms with Gasteiger partial charge in [-0.15, -0.1) is 11.3 Å². The van der Waals surface area contributed by atoms with E-state index in [0.29, 0.717) is 33.9 Å². The van der Waals surface area contributed by atoms with Gasteiger partial charge in [-0.1, -0.05) is 11.6 Å². The maximum atomic E-state index is 12.0. The normalized spacial score (nSPS) is 14.0. The lowest BCUT2D eigenvalue weighted by Crippen LogP contribution is -2.34. The molecule has 19 heavy (non-hydrogen) atoms. The predicted molar refractivity (Wildman–Crippen MR) is 78.0 cm³/mol. The van der Waals surface area contributed by atoms with E-state index in [-0.39, 0.29) is 6.03 Å². The molecular formula is C13H16ClN3OS. The molecule has 6 heteroatoms. The van der Waals surface area contributed by atoms with E-state index in [1.54, 1.807) is 4.90 Å². The number of thiophene rings is 1. The van der Waals surface area contributed by atoms with Crippen LogP contribution >= 0.6 is 22.9 Å². The fourth-order valence-electron chi connectivity index (χ4n) is 2.04. The third-order valence-electron chi connectivity index (χ3n) is 3.27. The molecule has 2 amide bonds. The molecule has 0 spiro atoms. The fraction of sp³-hybridized carbons (Fsp3) is 0.538. The lowest BCUT2D eigenvalue weighted by atomic mass is 10.1. The molecule has 0 radical (unpaired) electrons. The van der Waals surface area contributed by atoms with Gasteiger partial charge in [0.15, 0.2) is 0 Å². The van der Waals surface area contributed by atoms with Crippen molar-refractivity contribution in [2.75, 3.05) is 18.4 Å². The molecule has 1 heterocycles. The Morgan fingerprint density at radius 3 is 2.63 bits per heavy atom. The molecule has 1 saturated carbocycles. The number of anilines is 1. The summed E-state index contributed by atoms with van der Waals surface area (Å²) in [5.41, 5.74) is 1.46. The zero-order valence-corrected chi connectivity index (χ0v) is 12.6. The zero-order valence-electron chi connectivity index (χ0n) is 11.0. The smallest absolute Gasteiger partial charge is 0.322 e. The second-order valence-electron chi connectivity index (χ2n) is 4.48. The van der Waals surface area contributed by atoms with Crippen LogP contribution in [0, 0.1) is 11.3 Å². The Hall–Kier alpha value is -1.25. The van der Waals surface area contributed by atoms with Gasteiger partial charge in [-0.2, -0.15) is 5.26 Å². The summed E-state index contributed by atoms with van der Waals surface area (Å²) >= 11 is 7.48. The van der Waals surface area contributed by atoms with E-state index in [1.807, 2.05) is 13.8 Å². The van der Waals surface area contributed by atoms with Crippen molar-refractivity contribution in [1.29, 1.82) is 5.26 Å². The molecule has 1 N–H and O–H groups in total. The highest BCUT2D eigenvalue weighted by molar-refractivity contribution is 7.20. The first kappa shape index (κ1) is 14.2. The number of halogens is 1. The first-order chi connectivity index (χ1) is 9.12. The van der Waals surface area contributed by atoms with Crippen LogP contribution in [0.25, 0.3) is 0 Å². The van der Waals surface area contributed by atoms with Crippen molar-refractivity contribution < 1.29 is 4.79 Å². The lowest BCUT2D eigenvalue weighted by molar-refractivity contribution is 0.217. The van der Waals surface area contributed by atoms with Gasteiger partial charge in [-0.25, -0.2) is 4.79 Å². The van der Waals surface area contributed by atoms with E-state index in [4.69, 9.17) is 11.6 Å². The van der Waals surface area contributed by atoms with Crippen molar-refractivity contribution in [3.05, 3.63) is 15.5 Å². The van der Waals surface area contributed by atoms with Crippen LogP contribution in [0.2, 0.25) is 4.34 Å². The first-order valence-electron chi connectivity index (χ1n) is 6.40. The average Bonchev–Trinajstić information content (AvgIpc) is 3.16. The molecule has 0 atom stereocenters. The average molecular weight is 298 g/mol. The molecule has 1 aromatic heterocycles. The summed E-state index contributed by atoms with van der Waals surface area (Å²) in [6.07, 6.45) is 2.16. The van der Waals surface area contributed by atoms with Gasteiger partial charge in [-0.05, 0) is 32.6 Å². The lowest BCUT2D eigenvalue weighted by Gasteiger charge is -2.18. The highest BCUT2D eigenvalue weighted by Crippen LogP contribution is 2.50. The third-order valence-corrected chi connectivity index (χ3v) is 4.61. The summed E-state index contributed by atoms with van der Waals surface area (Å²) in [7, 11) is 0. The maximum absolute atomic E-state index is 12.0. The number of amides is 2. The Morgan fingerprint density at radius 1 is 1.53 bits per heavy atom. The van der Waals surface area contributed by atoms with Gasteiger partial charge in [0, 0.05) is 18.7 Å². The van der Waals surface area contributed by atoms with E-state index >= 15 is 0 Å². The summed E-state index contributed by atoms with van der Waals surface area (Å²) in [4.78, 5) is 13.7. The first-order valence-corrected chi connectivity index (χ1v) is 7.59. The summed E-state index contributed by atoms with van der Waals surface area (Å²) in [6, 6.07) is 2.00. The number of nitrogens with one attached hydrogen (secondary N) is 1. The Morgan fingerprint density at radius 2 is 2.16 bits per heavy atom. The predicted octanol–water partition coefficient (Wildman–Crippen LogP) is 4.02. The SMILES string of the molecule is CCN(CC)C(=O)Nc1sc(Cl)c(C2CC2)c1C#N. The van der Waals surface area contributed by atoms with Crippen LogP contribution in [0.15, 0.2) is 0 Å². The molecule has 1 aliphatic rings. The minimum Gasteiger partial charge on any atom is -0.325 e. The van der Waals surface area contributed by atoms with Crippen LogP contribution in [-0.4, -0.2) is 24.0 Å². The molecule has 0 aliphatic heterocycles. The van der Waals surface area contributed by atoms with Gasteiger partial charge < -0.3 is 4.90 Å². The topological polar surface area (TPSA) is 56.1 Å². The number of hydrogen-bond donors (Lipinski definition) is 1. The molecule has 2 rings (SSSR count). The Bertz CT molecular complexity index is 527. The van der Waals surface area contributed by atoms with E-state index in [2.05, 4.69) is 11.4 Å². The largest absolute Gasteiger partial charge is 0.325 e. The Labute approximate surface area is 122 Å². The number of carbonyl (C=O) groups excluding carboxylic acids is 1. The number of nitrogens with zero attached hydrogens (tertiary/aromatic N) is 2. The molecule has 0 unspecified atom stereocenters. The van der Waals surface area contributed by atoms with Crippen LogP contribution in [0.1, 0.15) is 43.7 Å². The molecule has 0 saturated heterocycles. The maximum Gasteiger partial charge on any atom is 0.322 e. The van der Waals surface area contributed by atoms with Crippen molar-refractivity contribution in [3.8, 4) is 6.07 Å². The second kappa shape index (κ2) is 5.81. The minimum atomic E-state index is -0.179. The number of rotatable bonds is 4. The molecule has 1 fully saturated rings. The van der Waals surface area contributed by atoms with E-state index in [9.17, 15) is 10.1 Å². The quantitative estimate of drug-likeness (QED) is 0.912. The Balaban J connectivity index is 2.23. The van der Waals surface area contributed by atoms with E-state index in [1.165, 1.54) is 11.3 Å². The van der Waals surface area contributed by atoms with E-state index in [0.717, 1.165) is 18.4 Å². The van der Waals surface area contributed by atoms with Gasteiger partial charge in [0.25, 0.3) is 0 Å². The summed E-state index contributed by atoms with van der Waals surface area (Å²) < 4.78 is 0.633. The van der Waals surface area contributed by atoms with Gasteiger partial charge in [-0.3, -0.25) is 5.32 Å². The van der Waals surface area contributed by atoms with Gasteiger partial charge >= 0.3 is 6.03 Å². The van der Waals surface area contributed by atoms with Gasteiger partial charge in [0.05, 0.1) is 9.90 Å². The molecule has 0 bridgehead atoms. The fourth-order valence-corrected chi connectivity index (χ4v) is 3.47. The molecule has 102 valence electrons. The van der Waals surface area contributed by atoms with Crippen LogP contribution < -0.4 is 5.32 Å². The molecular weight excluding hydrogens is 282 g/mol. The van der Waals surface area contributed by atoms with E-state index < -0.39 is 0 Å². The number of urea groups is 1. The monoisotopic (exact) mass is 297 g/mol. The molecule has 1 aromatic rings. The number of carbonyl (C=O) groups is 1.